The minimum absolute atomic E-state index is 0.126. The summed E-state index contributed by atoms with van der Waals surface area (Å²) in [6, 6.07) is 6.42. The molecule has 2 aromatic rings. The van der Waals surface area contributed by atoms with E-state index in [-0.39, 0.29) is 5.13 Å². The van der Waals surface area contributed by atoms with Gasteiger partial charge in [-0.2, -0.15) is 13.2 Å². The molecule has 1 aromatic carbocycles. The van der Waals surface area contributed by atoms with Gasteiger partial charge in [-0.15, -0.1) is 11.3 Å². The van der Waals surface area contributed by atoms with Crippen LogP contribution in [0.15, 0.2) is 29.6 Å². The molecule has 8 heteroatoms. The molecule has 0 fully saturated rings. The van der Waals surface area contributed by atoms with Crippen molar-refractivity contribution in [1.82, 2.24) is 4.98 Å². The molecule has 1 atom stereocenters. The molecule has 0 radical (unpaired) electrons. The first-order valence-corrected chi connectivity index (χ1v) is 6.78. The molecule has 21 heavy (non-hydrogen) atoms. The van der Waals surface area contributed by atoms with Crippen LogP contribution in [0.25, 0.3) is 0 Å². The van der Waals surface area contributed by atoms with E-state index in [1.807, 2.05) is 0 Å². The molecule has 1 heterocycles. The van der Waals surface area contributed by atoms with Gasteiger partial charge in [-0.05, 0) is 24.6 Å². The van der Waals surface area contributed by atoms with Crippen molar-refractivity contribution < 1.29 is 23.1 Å². The van der Waals surface area contributed by atoms with Crippen molar-refractivity contribution >= 4 is 28.1 Å². The molecule has 4 nitrogen and oxygen atoms in total. The van der Waals surface area contributed by atoms with Crippen LogP contribution in [-0.2, 0) is 11.0 Å². The summed E-state index contributed by atoms with van der Waals surface area (Å²) < 4.78 is 37.3. The third-order valence-corrected chi connectivity index (χ3v) is 3.58. The number of nitrogens with zero attached hydrogens (tertiary/aromatic N) is 1. The van der Waals surface area contributed by atoms with Crippen molar-refractivity contribution in [1.29, 1.82) is 0 Å². The third kappa shape index (κ3) is 3.72. The van der Waals surface area contributed by atoms with Gasteiger partial charge in [0.25, 0.3) is 0 Å². The third-order valence-electron chi connectivity index (χ3n) is 2.83. The Kier molecular flexibility index (Phi) is 4.17. The topological polar surface area (TPSA) is 62.2 Å². The molecule has 0 unspecified atom stereocenters. The highest BCUT2D eigenvalue weighted by Gasteiger charge is 2.33. The van der Waals surface area contributed by atoms with E-state index >= 15 is 0 Å². The summed E-state index contributed by atoms with van der Waals surface area (Å²) in [4.78, 5) is 14.3. The van der Waals surface area contributed by atoms with Gasteiger partial charge in [-0.3, -0.25) is 4.79 Å². The van der Waals surface area contributed by atoms with Crippen molar-refractivity contribution in [3.8, 4) is 0 Å². The van der Waals surface area contributed by atoms with Gasteiger partial charge in [-0.1, -0.05) is 12.1 Å². The molecule has 1 aromatic heterocycles. The van der Waals surface area contributed by atoms with E-state index in [0.29, 0.717) is 11.3 Å². The number of hydrogen-bond acceptors (Lipinski definition) is 4. The van der Waals surface area contributed by atoms with E-state index < -0.39 is 23.8 Å². The van der Waals surface area contributed by atoms with E-state index in [1.54, 1.807) is 31.2 Å². The molecule has 0 bridgehead atoms. The van der Waals surface area contributed by atoms with Crippen molar-refractivity contribution in [3.05, 3.63) is 40.9 Å². The predicted molar refractivity (Wildman–Crippen MR) is 72.9 cm³/mol. The number of aliphatic carboxylic acids is 1. The summed E-state index contributed by atoms with van der Waals surface area (Å²) in [5.41, 5.74) is 0.216. The van der Waals surface area contributed by atoms with E-state index in [1.165, 1.54) is 0 Å². The molecule has 2 rings (SSSR count). The zero-order valence-corrected chi connectivity index (χ0v) is 11.6. The van der Waals surface area contributed by atoms with Gasteiger partial charge in [0.1, 0.15) is 0 Å². The number of anilines is 2. The number of nitrogens with one attached hydrogen (secondary N) is 1. The summed E-state index contributed by atoms with van der Waals surface area (Å²) in [6.45, 7) is 1.56. The van der Waals surface area contributed by atoms with Crippen molar-refractivity contribution in [3.63, 3.8) is 0 Å². The second kappa shape index (κ2) is 5.72. The lowest BCUT2D eigenvalue weighted by molar-refractivity contribution is -0.140. The Labute approximate surface area is 122 Å². The van der Waals surface area contributed by atoms with E-state index in [2.05, 4.69) is 10.3 Å². The van der Waals surface area contributed by atoms with E-state index in [0.717, 1.165) is 16.7 Å². The van der Waals surface area contributed by atoms with Gasteiger partial charge >= 0.3 is 12.1 Å². The molecular weight excluding hydrogens is 305 g/mol. The standard InChI is InChI=1S/C13H11F3N2O2S/c1-7(11(19)20)8-2-4-9(5-3-8)17-12-18-10(6-21-12)13(14,15)16/h2-7H,1H3,(H,17,18)(H,19,20)/t7-/m1/s1. The fraction of sp³-hybridized carbons (Fsp3) is 0.231. The number of rotatable bonds is 4. The SMILES string of the molecule is C[C@@H](C(=O)O)c1ccc(Nc2nc(C(F)(F)F)cs2)cc1. The minimum Gasteiger partial charge on any atom is -0.481 e. The molecule has 112 valence electrons. The lowest BCUT2D eigenvalue weighted by atomic mass is 10.0. The first-order chi connectivity index (χ1) is 9.77. The number of hydrogen-bond donors (Lipinski definition) is 2. The highest BCUT2D eigenvalue weighted by atomic mass is 32.1. The lowest BCUT2D eigenvalue weighted by Gasteiger charge is -2.08. The Morgan fingerprint density at radius 1 is 1.33 bits per heavy atom. The molecule has 0 aliphatic rings. The average Bonchev–Trinajstić information content (AvgIpc) is 2.87. The van der Waals surface area contributed by atoms with Crippen LogP contribution in [0.5, 0.6) is 0 Å². The summed E-state index contributed by atoms with van der Waals surface area (Å²) >= 11 is 0.850. The van der Waals surface area contributed by atoms with E-state index in [4.69, 9.17) is 5.11 Å². The Morgan fingerprint density at radius 2 is 1.95 bits per heavy atom. The molecule has 0 aliphatic carbocycles. The number of carboxylic acids is 1. The molecule has 0 saturated heterocycles. The smallest absolute Gasteiger partial charge is 0.434 e. The van der Waals surface area contributed by atoms with Gasteiger partial charge in [0.15, 0.2) is 10.8 Å². The van der Waals surface area contributed by atoms with Crippen LogP contribution >= 0.6 is 11.3 Å². The fourth-order valence-electron chi connectivity index (χ4n) is 1.58. The molecule has 0 aliphatic heterocycles. The zero-order valence-electron chi connectivity index (χ0n) is 10.8. The second-order valence-electron chi connectivity index (χ2n) is 4.34. The van der Waals surface area contributed by atoms with Gasteiger partial charge in [0.05, 0.1) is 5.92 Å². The molecule has 2 N–H and O–H groups in total. The maximum atomic E-state index is 12.4. The quantitative estimate of drug-likeness (QED) is 0.891. The Hall–Kier alpha value is -2.09. The number of carboxylic acid groups (broad SMARTS) is 1. The van der Waals surface area contributed by atoms with Crippen LogP contribution in [0.3, 0.4) is 0 Å². The lowest BCUT2D eigenvalue weighted by Crippen LogP contribution is -2.07. The van der Waals surface area contributed by atoms with Gasteiger partial charge < -0.3 is 10.4 Å². The maximum absolute atomic E-state index is 12.4. The number of aromatic nitrogens is 1. The van der Waals surface area contributed by atoms with Gasteiger partial charge in [0, 0.05) is 11.1 Å². The van der Waals surface area contributed by atoms with Crippen LogP contribution < -0.4 is 5.32 Å². The number of carbonyl (C=O) groups is 1. The van der Waals surface area contributed by atoms with Crippen molar-refractivity contribution in [2.24, 2.45) is 0 Å². The number of thiazole rings is 1. The first-order valence-electron chi connectivity index (χ1n) is 5.90. The van der Waals surface area contributed by atoms with Crippen LogP contribution in [0.4, 0.5) is 24.0 Å². The van der Waals surface area contributed by atoms with Crippen molar-refractivity contribution in [2.45, 2.75) is 19.0 Å². The molecule has 0 spiro atoms. The Morgan fingerprint density at radius 3 is 2.43 bits per heavy atom. The van der Waals surface area contributed by atoms with Crippen molar-refractivity contribution in [2.75, 3.05) is 5.32 Å². The average molecular weight is 316 g/mol. The monoisotopic (exact) mass is 316 g/mol. The maximum Gasteiger partial charge on any atom is 0.434 e. The van der Waals surface area contributed by atoms with Crippen LogP contribution in [-0.4, -0.2) is 16.1 Å². The number of benzene rings is 1. The Bertz CT molecular complexity index is 638. The second-order valence-corrected chi connectivity index (χ2v) is 5.20. The minimum atomic E-state index is -4.46. The fourth-order valence-corrected chi connectivity index (χ4v) is 2.32. The van der Waals surface area contributed by atoms with Gasteiger partial charge in [0.2, 0.25) is 0 Å². The molecular formula is C13H11F3N2O2S. The summed E-state index contributed by atoms with van der Waals surface area (Å²) in [5.74, 6) is -1.58. The summed E-state index contributed by atoms with van der Waals surface area (Å²) in [6.07, 6.45) is -4.46. The number of halogens is 3. The summed E-state index contributed by atoms with van der Waals surface area (Å²) in [7, 11) is 0. The highest BCUT2D eigenvalue weighted by molar-refractivity contribution is 7.13. The normalized spacial score (nSPS) is 13.0. The van der Waals surface area contributed by atoms with Crippen LogP contribution in [0.1, 0.15) is 24.1 Å². The zero-order chi connectivity index (χ0) is 15.6. The van der Waals surface area contributed by atoms with Gasteiger partial charge in [-0.25, -0.2) is 4.98 Å². The van der Waals surface area contributed by atoms with E-state index in [9.17, 15) is 18.0 Å². The number of alkyl halides is 3. The largest absolute Gasteiger partial charge is 0.481 e. The predicted octanol–water partition coefficient (Wildman–Crippen LogP) is 4.09. The highest BCUT2D eigenvalue weighted by Crippen LogP contribution is 2.32. The van der Waals surface area contributed by atoms with Crippen LogP contribution in [0.2, 0.25) is 0 Å². The molecule has 0 amide bonds. The first kappa shape index (κ1) is 15.3. The molecule has 0 saturated carbocycles. The Balaban J connectivity index is 2.10. The summed E-state index contributed by atoms with van der Waals surface area (Å²) in [5, 5.41) is 12.7. The van der Waals surface area contributed by atoms with Crippen LogP contribution in [0, 0.1) is 0 Å².